The van der Waals surface area contributed by atoms with E-state index in [1.54, 1.807) is 17.8 Å². The van der Waals surface area contributed by atoms with Gasteiger partial charge in [-0.15, -0.1) is 0 Å². The number of hydrogen-bond donors (Lipinski definition) is 0. The molecular formula is C13H15NO2S. The van der Waals surface area contributed by atoms with Crippen LogP contribution in [0.3, 0.4) is 0 Å². The molecule has 4 heteroatoms. The lowest BCUT2D eigenvalue weighted by Crippen LogP contribution is -2.14. The minimum absolute atomic E-state index is 0.0848. The van der Waals surface area contributed by atoms with Gasteiger partial charge in [0, 0.05) is 11.9 Å². The van der Waals surface area contributed by atoms with Gasteiger partial charge in [0.25, 0.3) is 0 Å². The summed E-state index contributed by atoms with van der Waals surface area (Å²) in [6.07, 6.45) is 1.46. The van der Waals surface area contributed by atoms with Gasteiger partial charge in [0.2, 0.25) is 0 Å². The molecule has 1 aliphatic heterocycles. The number of thioether (sulfide) groups is 1. The standard InChI is InChI=1S/C13H15NO2S/c1-9(2)16-13(15)8-12-14(3)10-6-4-5-7-11(10)17-12/h4-9H,1-3H3/b12-8-. The first kappa shape index (κ1) is 12.0. The predicted octanol–water partition coefficient (Wildman–Crippen LogP) is 3.02. The van der Waals surface area contributed by atoms with Crippen LogP contribution in [0.25, 0.3) is 0 Å². The molecule has 0 atom stereocenters. The van der Waals surface area contributed by atoms with Crippen LogP contribution in [0, 0.1) is 0 Å². The molecule has 0 saturated heterocycles. The van der Waals surface area contributed by atoms with E-state index in [9.17, 15) is 4.79 Å². The molecule has 0 bridgehead atoms. The Morgan fingerprint density at radius 3 is 2.76 bits per heavy atom. The van der Waals surface area contributed by atoms with Gasteiger partial charge in [-0.3, -0.25) is 0 Å². The van der Waals surface area contributed by atoms with E-state index in [1.165, 1.54) is 4.90 Å². The van der Waals surface area contributed by atoms with E-state index in [-0.39, 0.29) is 12.1 Å². The molecule has 90 valence electrons. The van der Waals surface area contributed by atoms with E-state index in [2.05, 4.69) is 0 Å². The summed E-state index contributed by atoms with van der Waals surface area (Å²) in [5.41, 5.74) is 1.13. The second kappa shape index (κ2) is 4.84. The normalized spacial score (nSPS) is 16.5. The Labute approximate surface area is 105 Å². The Kier molecular flexibility index (Phi) is 3.43. The Balaban J connectivity index is 2.17. The number of benzene rings is 1. The van der Waals surface area contributed by atoms with Crippen molar-refractivity contribution in [2.75, 3.05) is 11.9 Å². The highest BCUT2D eigenvalue weighted by Gasteiger charge is 2.22. The molecule has 0 radical (unpaired) electrons. The molecule has 0 unspecified atom stereocenters. The van der Waals surface area contributed by atoms with E-state index in [0.29, 0.717) is 0 Å². The summed E-state index contributed by atoms with van der Waals surface area (Å²) in [4.78, 5) is 14.7. The summed E-state index contributed by atoms with van der Waals surface area (Å²) in [7, 11) is 1.95. The van der Waals surface area contributed by atoms with Crippen LogP contribution in [0.1, 0.15) is 13.8 Å². The number of anilines is 1. The molecule has 1 aromatic rings. The fraction of sp³-hybridized carbons (Fsp3) is 0.308. The first-order chi connectivity index (χ1) is 8.08. The van der Waals surface area contributed by atoms with Crippen molar-refractivity contribution in [3.05, 3.63) is 35.4 Å². The fourth-order valence-corrected chi connectivity index (χ4v) is 2.69. The van der Waals surface area contributed by atoms with Crippen molar-refractivity contribution in [3.63, 3.8) is 0 Å². The second-order valence-electron chi connectivity index (χ2n) is 4.10. The third-order valence-electron chi connectivity index (χ3n) is 2.36. The SMILES string of the molecule is CC(C)OC(=O)/C=C1\Sc2ccccc2N1C. The van der Waals surface area contributed by atoms with Crippen LogP contribution < -0.4 is 4.90 Å². The Bertz CT molecular complexity index is 468. The molecule has 3 nitrogen and oxygen atoms in total. The van der Waals surface area contributed by atoms with E-state index in [1.807, 2.05) is 50.1 Å². The maximum absolute atomic E-state index is 11.6. The highest BCUT2D eigenvalue weighted by Crippen LogP contribution is 2.44. The highest BCUT2D eigenvalue weighted by atomic mass is 32.2. The van der Waals surface area contributed by atoms with Crippen LogP contribution in [-0.2, 0) is 9.53 Å². The van der Waals surface area contributed by atoms with Gasteiger partial charge in [0.1, 0.15) is 0 Å². The average molecular weight is 249 g/mol. The van der Waals surface area contributed by atoms with Gasteiger partial charge in [-0.1, -0.05) is 23.9 Å². The molecule has 0 saturated carbocycles. The van der Waals surface area contributed by atoms with Crippen molar-refractivity contribution in [1.29, 1.82) is 0 Å². The minimum Gasteiger partial charge on any atom is -0.460 e. The van der Waals surface area contributed by atoms with Crippen LogP contribution >= 0.6 is 11.8 Å². The van der Waals surface area contributed by atoms with E-state index < -0.39 is 0 Å². The van der Waals surface area contributed by atoms with Crippen LogP contribution in [0.2, 0.25) is 0 Å². The maximum Gasteiger partial charge on any atom is 0.333 e. The van der Waals surface area contributed by atoms with Crippen molar-refractivity contribution in [1.82, 2.24) is 0 Å². The van der Waals surface area contributed by atoms with Gasteiger partial charge < -0.3 is 9.64 Å². The summed E-state index contributed by atoms with van der Waals surface area (Å²) in [6, 6.07) is 8.07. The molecule has 0 fully saturated rings. The van der Waals surface area contributed by atoms with Crippen molar-refractivity contribution < 1.29 is 9.53 Å². The lowest BCUT2D eigenvalue weighted by Gasteiger charge is -2.13. The zero-order valence-electron chi connectivity index (χ0n) is 10.1. The molecule has 0 aromatic heterocycles. The summed E-state index contributed by atoms with van der Waals surface area (Å²) in [6.45, 7) is 3.69. The Hall–Kier alpha value is -1.42. The molecular weight excluding hydrogens is 234 g/mol. The van der Waals surface area contributed by atoms with Gasteiger partial charge in [0.15, 0.2) is 0 Å². The topological polar surface area (TPSA) is 29.5 Å². The average Bonchev–Trinajstić information content (AvgIpc) is 2.55. The van der Waals surface area contributed by atoms with Crippen LogP contribution in [0.4, 0.5) is 5.69 Å². The molecule has 1 aliphatic rings. The van der Waals surface area contributed by atoms with Crippen molar-refractivity contribution >= 4 is 23.4 Å². The number of carbonyl (C=O) groups is 1. The van der Waals surface area contributed by atoms with Crippen LogP contribution in [-0.4, -0.2) is 19.1 Å². The Morgan fingerprint density at radius 2 is 2.12 bits per heavy atom. The van der Waals surface area contributed by atoms with Gasteiger partial charge >= 0.3 is 5.97 Å². The van der Waals surface area contributed by atoms with E-state index >= 15 is 0 Å². The first-order valence-electron chi connectivity index (χ1n) is 5.51. The number of carbonyl (C=O) groups excluding carboxylic acids is 1. The van der Waals surface area contributed by atoms with Crippen molar-refractivity contribution in [3.8, 4) is 0 Å². The van der Waals surface area contributed by atoms with Crippen LogP contribution in [0.15, 0.2) is 40.3 Å². The molecule has 17 heavy (non-hydrogen) atoms. The van der Waals surface area contributed by atoms with Crippen LogP contribution in [0.5, 0.6) is 0 Å². The lowest BCUT2D eigenvalue weighted by atomic mass is 10.3. The number of nitrogens with zero attached hydrogens (tertiary/aromatic N) is 1. The number of rotatable bonds is 2. The van der Waals surface area contributed by atoms with E-state index in [0.717, 1.165) is 10.7 Å². The Morgan fingerprint density at radius 1 is 1.41 bits per heavy atom. The lowest BCUT2D eigenvalue weighted by molar-refractivity contribution is -0.141. The first-order valence-corrected chi connectivity index (χ1v) is 6.32. The monoisotopic (exact) mass is 249 g/mol. The van der Waals surface area contributed by atoms with Crippen molar-refractivity contribution in [2.45, 2.75) is 24.8 Å². The molecule has 1 heterocycles. The summed E-state index contributed by atoms with van der Waals surface area (Å²) in [5.74, 6) is -0.290. The quantitative estimate of drug-likeness (QED) is 0.595. The number of fused-ring (bicyclic) bond motifs is 1. The molecule has 0 N–H and O–H groups in total. The third kappa shape index (κ3) is 2.64. The van der Waals surface area contributed by atoms with Gasteiger partial charge in [-0.2, -0.15) is 0 Å². The summed E-state index contributed by atoms with van der Waals surface area (Å²) in [5, 5.41) is 0.900. The maximum atomic E-state index is 11.6. The third-order valence-corrected chi connectivity index (χ3v) is 3.53. The molecule has 2 rings (SSSR count). The number of para-hydroxylation sites is 1. The largest absolute Gasteiger partial charge is 0.460 e. The number of hydrogen-bond acceptors (Lipinski definition) is 4. The summed E-state index contributed by atoms with van der Waals surface area (Å²) < 4.78 is 5.10. The second-order valence-corrected chi connectivity index (χ2v) is 5.16. The number of ether oxygens (including phenoxy) is 1. The molecule has 1 aromatic carbocycles. The van der Waals surface area contributed by atoms with E-state index in [4.69, 9.17) is 4.74 Å². The number of esters is 1. The molecule has 0 amide bonds. The van der Waals surface area contributed by atoms with Crippen molar-refractivity contribution in [2.24, 2.45) is 0 Å². The van der Waals surface area contributed by atoms with Gasteiger partial charge in [-0.05, 0) is 26.0 Å². The summed E-state index contributed by atoms with van der Waals surface area (Å²) >= 11 is 1.59. The predicted molar refractivity (Wildman–Crippen MR) is 70.0 cm³/mol. The zero-order valence-corrected chi connectivity index (χ0v) is 11.0. The molecule has 0 spiro atoms. The molecule has 0 aliphatic carbocycles. The fourth-order valence-electron chi connectivity index (χ4n) is 1.61. The minimum atomic E-state index is -0.290. The smallest absolute Gasteiger partial charge is 0.333 e. The van der Waals surface area contributed by atoms with Gasteiger partial charge in [0.05, 0.1) is 22.9 Å². The highest BCUT2D eigenvalue weighted by molar-refractivity contribution is 8.03. The zero-order chi connectivity index (χ0) is 12.4. The van der Waals surface area contributed by atoms with Gasteiger partial charge in [-0.25, -0.2) is 4.79 Å².